The summed E-state index contributed by atoms with van der Waals surface area (Å²) in [5.74, 6) is -0.0720. The topological polar surface area (TPSA) is 100 Å². The second-order valence-electron chi connectivity index (χ2n) is 9.37. The van der Waals surface area contributed by atoms with Crippen molar-refractivity contribution in [2.24, 2.45) is 0 Å². The second kappa shape index (κ2) is 8.56. The number of hydrogen-bond donors (Lipinski definition) is 3. The van der Waals surface area contributed by atoms with E-state index in [9.17, 15) is 23.1 Å². The molecule has 1 aliphatic heterocycles. The highest BCUT2D eigenvalue weighted by Crippen LogP contribution is 2.46. The first kappa shape index (κ1) is 23.7. The molecule has 3 N–H and O–H groups in total. The normalized spacial score (nSPS) is 24.5. The largest absolute Gasteiger partial charge is 0.433 e. The van der Waals surface area contributed by atoms with Crippen molar-refractivity contribution in [1.29, 1.82) is 0 Å². The van der Waals surface area contributed by atoms with E-state index < -0.39 is 17.5 Å². The number of nitrogens with one attached hydrogen (secondary N) is 2. The Balaban J connectivity index is 1.35. The van der Waals surface area contributed by atoms with Crippen LogP contribution < -0.4 is 10.6 Å². The van der Waals surface area contributed by atoms with Crippen LogP contribution in [0.5, 0.6) is 0 Å². The summed E-state index contributed by atoms with van der Waals surface area (Å²) in [6.07, 6.45) is 2.02. The molecule has 0 unspecified atom stereocenters. The molecule has 1 saturated carbocycles. The van der Waals surface area contributed by atoms with Crippen LogP contribution in [0.1, 0.15) is 54.8 Å². The fourth-order valence-corrected chi connectivity index (χ4v) is 5.88. The number of aromatic nitrogens is 3. The summed E-state index contributed by atoms with van der Waals surface area (Å²) in [6, 6.07) is 6.36. The highest BCUT2D eigenvalue weighted by atomic mass is 32.1. The van der Waals surface area contributed by atoms with Gasteiger partial charge in [-0.3, -0.25) is 4.79 Å². The SMILES string of the molecule is Cc1cc(Nc2nccc(C(F)(F)F)n2)cc(-c2cnc(C3(O)CCC4(CCC(=O)N4)CC3)s2)c1. The number of nitrogens with zero attached hydrogens (tertiary/aromatic N) is 3. The minimum Gasteiger partial charge on any atom is -0.383 e. The van der Waals surface area contributed by atoms with Crippen LogP contribution in [-0.4, -0.2) is 31.5 Å². The van der Waals surface area contributed by atoms with Crippen LogP contribution in [0, 0.1) is 6.92 Å². The molecule has 3 heterocycles. The summed E-state index contributed by atoms with van der Waals surface area (Å²) < 4.78 is 39.0. The van der Waals surface area contributed by atoms with E-state index in [1.165, 1.54) is 11.3 Å². The number of aryl methyl sites for hydroxylation is 1. The predicted octanol–water partition coefficient (Wildman–Crippen LogP) is 5.08. The van der Waals surface area contributed by atoms with Gasteiger partial charge in [-0.25, -0.2) is 15.0 Å². The van der Waals surface area contributed by atoms with E-state index in [1.807, 2.05) is 13.0 Å². The smallest absolute Gasteiger partial charge is 0.383 e. The van der Waals surface area contributed by atoms with Crippen molar-refractivity contribution in [2.45, 2.75) is 62.8 Å². The lowest BCUT2D eigenvalue weighted by molar-refractivity contribution is -0.141. The van der Waals surface area contributed by atoms with Gasteiger partial charge in [-0.05, 0) is 68.4 Å². The Kier molecular flexibility index (Phi) is 5.79. The van der Waals surface area contributed by atoms with E-state index in [-0.39, 0.29) is 17.4 Å². The van der Waals surface area contributed by atoms with Crippen LogP contribution in [0.25, 0.3) is 10.4 Å². The van der Waals surface area contributed by atoms with E-state index >= 15 is 0 Å². The van der Waals surface area contributed by atoms with Crippen molar-refractivity contribution in [2.75, 3.05) is 5.32 Å². The van der Waals surface area contributed by atoms with E-state index in [2.05, 4.69) is 25.6 Å². The van der Waals surface area contributed by atoms with Crippen molar-refractivity contribution in [3.63, 3.8) is 0 Å². The van der Waals surface area contributed by atoms with Gasteiger partial charge in [-0.1, -0.05) is 6.07 Å². The van der Waals surface area contributed by atoms with E-state index in [1.54, 1.807) is 18.3 Å². The molecule has 3 aromatic rings. The third-order valence-electron chi connectivity index (χ3n) is 6.74. The molecular formula is C24H24F3N5O2S. The maximum Gasteiger partial charge on any atom is 0.433 e. The Morgan fingerprint density at radius 2 is 1.89 bits per heavy atom. The van der Waals surface area contributed by atoms with Gasteiger partial charge in [0.2, 0.25) is 11.9 Å². The number of hydrogen-bond acceptors (Lipinski definition) is 7. The number of carbonyl (C=O) groups is 1. The standard InChI is InChI=1S/C24H24F3N5O2S/c1-14-10-15(12-16(11-14)30-21-28-9-3-18(31-21)24(25,26)27)17-13-29-20(35-17)23(34)7-5-22(6-8-23)4-2-19(33)32-22/h3,9-13,34H,2,4-8H2,1H3,(H,32,33)(H,28,30,31). The minimum absolute atomic E-state index is 0.0753. The molecule has 1 aliphatic carbocycles. The number of alkyl halides is 3. The number of aliphatic hydroxyl groups is 1. The molecule has 1 saturated heterocycles. The summed E-state index contributed by atoms with van der Waals surface area (Å²) in [6.45, 7) is 1.88. The zero-order valence-electron chi connectivity index (χ0n) is 18.9. The molecule has 1 aromatic carbocycles. The zero-order chi connectivity index (χ0) is 24.8. The number of carbonyl (C=O) groups excluding carboxylic acids is 1. The molecule has 184 valence electrons. The molecule has 1 amide bonds. The van der Waals surface area contributed by atoms with Gasteiger partial charge in [0, 0.05) is 30.0 Å². The third-order valence-corrected chi connectivity index (χ3v) is 7.98. The molecule has 0 radical (unpaired) electrons. The molecule has 11 heteroatoms. The Bertz CT molecular complexity index is 1270. The van der Waals surface area contributed by atoms with E-state index in [0.29, 0.717) is 42.8 Å². The van der Waals surface area contributed by atoms with Crippen molar-refractivity contribution in [1.82, 2.24) is 20.3 Å². The van der Waals surface area contributed by atoms with Gasteiger partial charge in [-0.15, -0.1) is 11.3 Å². The summed E-state index contributed by atoms with van der Waals surface area (Å²) in [5.41, 5.74) is -0.00632. The maximum absolute atomic E-state index is 13.0. The molecule has 2 aromatic heterocycles. The molecule has 1 spiro atoms. The summed E-state index contributed by atoms with van der Waals surface area (Å²) in [4.78, 5) is 24.5. The maximum atomic E-state index is 13.0. The number of halogens is 3. The predicted molar refractivity (Wildman–Crippen MR) is 125 cm³/mol. The van der Waals surface area contributed by atoms with Crippen molar-refractivity contribution in [3.8, 4) is 10.4 Å². The number of anilines is 2. The Morgan fingerprint density at radius 1 is 1.11 bits per heavy atom. The quantitative estimate of drug-likeness (QED) is 0.459. The lowest BCUT2D eigenvalue weighted by Crippen LogP contribution is -2.48. The highest BCUT2D eigenvalue weighted by molar-refractivity contribution is 7.15. The third kappa shape index (κ3) is 4.87. The van der Waals surface area contributed by atoms with E-state index in [4.69, 9.17) is 0 Å². The zero-order valence-corrected chi connectivity index (χ0v) is 19.8. The van der Waals surface area contributed by atoms with Crippen LogP contribution in [0.4, 0.5) is 24.8 Å². The number of rotatable bonds is 4. The van der Waals surface area contributed by atoms with Crippen molar-refractivity contribution >= 4 is 28.9 Å². The van der Waals surface area contributed by atoms with Gasteiger partial charge < -0.3 is 15.7 Å². The van der Waals surface area contributed by atoms with Crippen LogP contribution >= 0.6 is 11.3 Å². The first-order valence-electron chi connectivity index (χ1n) is 11.3. The molecule has 35 heavy (non-hydrogen) atoms. The van der Waals surface area contributed by atoms with Gasteiger partial charge in [0.25, 0.3) is 0 Å². The monoisotopic (exact) mass is 503 g/mol. The highest BCUT2D eigenvalue weighted by Gasteiger charge is 2.47. The molecule has 2 fully saturated rings. The second-order valence-corrected chi connectivity index (χ2v) is 10.4. The van der Waals surface area contributed by atoms with E-state index in [0.717, 1.165) is 34.7 Å². The van der Waals surface area contributed by atoms with Crippen LogP contribution in [0.2, 0.25) is 0 Å². The van der Waals surface area contributed by atoms with Crippen LogP contribution in [0.15, 0.2) is 36.7 Å². The average Bonchev–Trinajstić information content (AvgIpc) is 3.44. The van der Waals surface area contributed by atoms with Gasteiger partial charge in [-0.2, -0.15) is 13.2 Å². The molecule has 2 aliphatic rings. The van der Waals surface area contributed by atoms with Gasteiger partial charge in [0.1, 0.15) is 16.3 Å². The van der Waals surface area contributed by atoms with Gasteiger partial charge >= 0.3 is 6.18 Å². The fourth-order valence-electron chi connectivity index (χ4n) is 4.83. The molecule has 5 rings (SSSR count). The molecule has 0 atom stereocenters. The van der Waals surface area contributed by atoms with Gasteiger partial charge in [0.15, 0.2) is 0 Å². The summed E-state index contributed by atoms with van der Waals surface area (Å²) >= 11 is 1.40. The van der Waals surface area contributed by atoms with Gasteiger partial charge in [0.05, 0.1) is 4.88 Å². The van der Waals surface area contributed by atoms with Crippen molar-refractivity contribution in [3.05, 3.63) is 52.9 Å². The van der Waals surface area contributed by atoms with Crippen LogP contribution in [0.3, 0.4) is 0 Å². The summed E-state index contributed by atoms with van der Waals surface area (Å²) in [7, 11) is 0. The molecule has 0 bridgehead atoms. The number of amides is 1. The summed E-state index contributed by atoms with van der Waals surface area (Å²) in [5, 5.41) is 17.9. The lowest BCUT2D eigenvalue weighted by atomic mass is 9.73. The Labute approximate surface area is 203 Å². The fraction of sp³-hybridized carbons (Fsp3) is 0.417. The first-order chi connectivity index (χ1) is 16.5. The molecule has 7 nitrogen and oxygen atoms in total. The van der Waals surface area contributed by atoms with Crippen molar-refractivity contribution < 1.29 is 23.1 Å². The minimum atomic E-state index is -4.56. The average molecular weight is 504 g/mol. The Morgan fingerprint density at radius 3 is 2.57 bits per heavy atom. The molecular weight excluding hydrogens is 479 g/mol. The first-order valence-corrected chi connectivity index (χ1v) is 12.1. The number of thiazole rings is 1. The lowest BCUT2D eigenvalue weighted by Gasteiger charge is -2.41. The number of benzene rings is 1. The Hall–Kier alpha value is -3.05. The van der Waals surface area contributed by atoms with Crippen LogP contribution in [-0.2, 0) is 16.6 Å².